The van der Waals surface area contributed by atoms with Crippen molar-refractivity contribution in [1.82, 2.24) is 9.88 Å². The molecule has 2 aromatic heterocycles. The van der Waals surface area contributed by atoms with Crippen LogP contribution < -0.4 is 0 Å². The Morgan fingerprint density at radius 2 is 2.17 bits per heavy atom. The summed E-state index contributed by atoms with van der Waals surface area (Å²) in [5.41, 5.74) is 2.92. The Morgan fingerprint density at radius 3 is 2.94 bits per heavy atom. The first-order chi connectivity index (χ1) is 8.88. The van der Waals surface area contributed by atoms with Gasteiger partial charge < -0.3 is 0 Å². The lowest BCUT2D eigenvalue weighted by molar-refractivity contribution is 0.173. The number of nitrogens with zero attached hydrogens (tertiary/aromatic N) is 2. The van der Waals surface area contributed by atoms with E-state index in [0.717, 1.165) is 6.54 Å². The molecule has 2 nitrogen and oxygen atoms in total. The van der Waals surface area contributed by atoms with Crippen LogP contribution in [0, 0.1) is 0 Å². The van der Waals surface area contributed by atoms with Crippen LogP contribution in [0.5, 0.6) is 0 Å². The molecule has 0 saturated carbocycles. The molecule has 3 rings (SSSR count). The van der Waals surface area contributed by atoms with E-state index in [-0.39, 0.29) is 0 Å². The van der Waals surface area contributed by atoms with Gasteiger partial charge in [0.05, 0.1) is 0 Å². The number of rotatable bonds is 3. The lowest BCUT2D eigenvalue weighted by atomic mass is 9.97. The number of pyridine rings is 1. The topological polar surface area (TPSA) is 16.1 Å². The van der Waals surface area contributed by atoms with Gasteiger partial charge in [-0.05, 0) is 47.5 Å². The molecular formula is C15H18N2S. The summed E-state index contributed by atoms with van der Waals surface area (Å²) in [6.07, 6.45) is 6.16. The van der Waals surface area contributed by atoms with Gasteiger partial charge in [0.15, 0.2) is 0 Å². The summed E-state index contributed by atoms with van der Waals surface area (Å²) in [6.45, 7) is 4.50. The zero-order chi connectivity index (χ0) is 12.4. The molecule has 2 aromatic rings. The van der Waals surface area contributed by atoms with E-state index in [1.807, 2.05) is 23.7 Å². The quantitative estimate of drug-likeness (QED) is 0.835. The van der Waals surface area contributed by atoms with Crippen molar-refractivity contribution < 1.29 is 0 Å². The van der Waals surface area contributed by atoms with Crippen LogP contribution in [-0.2, 0) is 13.0 Å². The van der Waals surface area contributed by atoms with Gasteiger partial charge in [-0.1, -0.05) is 6.92 Å². The molecule has 18 heavy (non-hydrogen) atoms. The first-order valence-corrected chi connectivity index (χ1v) is 7.45. The Morgan fingerprint density at radius 1 is 1.33 bits per heavy atom. The maximum Gasteiger partial charge on any atom is 0.0360 e. The van der Waals surface area contributed by atoms with Gasteiger partial charge in [0, 0.05) is 36.4 Å². The molecular weight excluding hydrogens is 240 g/mol. The third-order valence-corrected chi connectivity index (χ3v) is 4.72. The molecule has 0 saturated heterocycles. The summed E-state index contributed by atoms with van der Waals surface area (Å²) < 4.78 is 0. The van der Waals surface area contributed by atoms with Crippen molar-refractivity contribution in [1.29, 1.82) is 0 Å². The lowest BCUT2D eigenvalue weighted by Crippen LogP contribution is -2.33. The predicted molar refractivity (Wildman–Crippen MR) is 75.7 cm³/mol. The summed E-state index contributed by atoms with van der Waals surface area (Å²) in [5.74, 6) is 0. The molecule has 1 aliphatic heterocycles. The third-order valence-electron chi connectivity index (χ3n) is 3.73. The zero-order valence-corrected chi connectivity index (χ0v) is 11.5. The Balaban J connectivity index is 1.81. The van der Waals surface area contributed by atoms with E-state index in [2.05, 4.69) is 40.4 Å². The summed E-state index contributed by atoms with van der Waals surface area (Å²) in [4.78, 5) is 8.28. The highest BCUT2D eigenvalue weighted by molar-refractivity contribution is 7.10. The molecule has 1 aliphatic rings. The number of fused-ring (bicyclic) bond motifs is 1. The molecule has 0 bridgehead atoms. The predicted octanol–water partition coefficient (Wildman–Crippen LogP) is 3.65. The first kappa shape index (κ1) is 11.9. The summed E-state index contributed by atoms with van der Waals surface area (Å²) >= 11 is 1.92. The molecule has 0 radical (unpaired) electrons. The van der Waals surface area contributed by atoms with Gasteiger partial charge >= 0.3 is 0 Å². The number of aromatic nitrogens is 1. The van der Waals surface area contributed by atoms with Crippen molar-refractivity contribution in [2.45, 2.75) is 32.4 Å². The van der Waals surface area contributed by atoms with E-state index >= 15 is 0 Å². The number of hydrogen-bond acceptors (Lipinski definition) is 3. The van der Waals surface area contributed by atoms with Crippen molar-refractivity contribution in [3.8, 4) is 0 Å². The van der Waals surface area contributed by atoms with Crippen LogP contribution in [0.15, 0.2) is 36.0 Å². The SMILES string of the molecule is CC[C@@H]1c2ccsc2CCN1Cc1ccncc1. The van der Waals surface area contributed by atoms with E-state index in [1.165, 1.54) is 24.9 Å². The smallest absolute Gasteiger partial charge is 0.0360 e. The van der Waals surface area contributed by atoms with E-state index in [1.54, 1.807) is 10.4 Å². The Hall–Kier alpha value is -1.19. The minimum absolute atomic E-state index is 0.591. The molecule has 0 N–H and O–H groups in total. The Bertz CT molecular complexity index is 506. The largest absolute Gasteiger partial charge is 0.292 e. The summed E-state index contributed by atoms with van der Waals surface area (Å²) in [5, 5.41) is 2.24. The molecule has 0 amide bonds. The first-order valence-electron chi connectivity index (χ1n) is 6.57. The van der Waals surface area contributed by atoms with Crippen LogP contribution in [0.3, 0.4) is 0 Å². The molecule has 1 atom stereocenters. The second-order valence-corrected chi connectivity index (χ2v) is 5.80. The van der Waals surface area contributed by atoms with Gasteiger partial charge in [0.1, 0.15) is 0 Å². The maximum absolute atomic E-state index is 4.09. The molecule has 0 fully saturated rings. The highest BCUT2D eigenvalue weighted by Gasteiger charge is 2.26. The molecule has 0 aliphatic carbocycles. The number of hydrogen-bond donors (Lipinski definition) is 0. The van der Waals surface area contributed by atoms with Crippen molar-refractivity contribution in [2.75, 3.05) is 6.54 Å². The van der Waals surface area contributed by atoms with Gasteiger partial charge in [0.25, 0.3) is 0 Å². The summed E-state index contributed by atoms with van der Waals surface area (Å²) in [7, 11) is 0. The van der Waals surface area contributed by atoms with E-state index < -0.39 is 0 Å². The summed E-state index contributed by atoms with van der Waals surface area (Å²) in [6, 6.07) is 7.15. The molecule has 0 spiro atoms. The van der Waals surface area contributed by atoms with E-state index in [9.17, 15) is 0 Å². The Kier molecular flexibility index (Phi) is 3.43. The monoisotopic (exact) mass is 258 g/mol. The van der Waals surface area contributed by atoms with Crippen LogP contribution in [0.25, 0.3) is 0 Å². The number of thiophene rings is 1. The normalized spacial score (nSPS) is 19.7. The third kappa shape index (κ3) is 2.20. The van der Waals surface area contributed by atoms with Crippen molar-refractivity contribution in [3.63, 3.8) is 0 Å². The minimum atomic E-state index is 0.591. The fourth-order valence-corrected chi connectivity index (χ4v) is 3.77. The van der Waals surface area contributed by atoms with Gasteiger partial charge in [-0.3, -0.25) is 9.88 Å². The van der Waals surface area contributed by atoms with E-state index in [4.69, 9.17) is 0 Å². The fourth-order valence-electron chi connectivity index (χ4n) is 2.84. The average molecular weight is 258 g/mol. The molecule has 3 heterocycles. The van der Waals surface area contributed by atoms with Gasteiger partial charge in [0.2, 0.25) is 0 Å². The zero-order valence-electron chi connectivity index (χ0n) is 10.7. The molecule has 94 valence electrons. The lowest BCUT2D eigenvalue weighted by Gasteiger charge is -2.35. The molecule has 3 heteroatoms. The highest BCUT2D eigenvalue weighted by Crippen LogP contribution is 2.35. The van der Waals surface area contributed by atoms with Crippen molar-refractivity contribution in [2.24, 2.45) is 0 Å². The van der Waals surface area contributed by atoms with Crippen molar-refractivity contribution in [3.05, 3.63) is 52.0 Å². The average Bonchev–Trinajstić information content (AvgIpc) is 2.88. The van der Waals surface area contributed by atoms with Gasteiger partial charge in [-0.15, -0.1) is 11.3 Å². The van der Waals surface area contributed by atoms with Gasteiger partial charge in [-0.25, -0.2) is 0 Å². The van der Waals surface area contributed by atoms with Crippen LogP contribution in [-0.4, -0.2) is 16.4 Å². The van der Waals surface area contributed by atoms with E-state index in [0.29, 0.717) is 6.04 Å². The van der Waals surface area contributed by atoms with Crippen LogP contribution in [0.4, 0.5) is 0 Å². The highest BCUT2D eigenvalue weighted by atomic mass is 32.1. The maximum atomic E-state index is 4.09. The Labute approximate surface area is 112 Å². The standard InChI is InChI=1S/C15H18N2S/c1-2-14-13-6-10-18-15(13)5-9-17(14)11-12-3-7-16-8-4-12/h3-4,6-8,10,14H,2,5,9,11H2,1H3/t14-/m1/s1. The molecule has 0 unspecified atom stereocenters. The van der Waals surface area contributed by atoms with Gasteiger partial charge in [-0.2, -0.15) is 0 Å². The second-order valence-electron chi connectivity index (χ2n) is 4.80. The second kappa shape index (κ2) is 5.21. The van der Waals surface area contributed by atoms with Crippen LogP contribution in [0.2, 0.25) is 0 Å². The van der Waals surface area contributed by atoms with Crippen LogP contribution >= 0.6 is 11.3 Å². The molecule has 0 aromatic carbocycles. The van der Waals surface area contributed by atoms with Crippen LogP contribution in [0.1, 0.15) is 35.4 Å². The minimum Gasteiger partial charge on any atom is -0.292 e. The van der Waals surface area contributed by atoms with Crippen molar-refractivity contribution >= 4 is 11.3 Å². The fraction of sp³-hybridized carbons (Fsp3) is 0.400.